The van der Waals surface area contributed by atoms with Gasteiger partial charge < -0.3 is 19.5 Å². The lowest BCUT2D eigenvalue weighted by Crippen LogP contribution is -2.51. The first-order chi connectivity index (χ1) is 13.3. The second-order valence-electron chi connectivity index (χ2n) is 6.49. The molecular weight excluding hydrogens is 379 g/mol. The molecule has 1 N–H and O–H groups in total. The predicted octanol–water partition coefficient (Wildman–Crippen LogP) is 2.53. The first kappa shape index (κ1) is 20.0. The van der Waals surface area contributed by atoms with Gasteiger partial charge in [0, 0.05) is 12.1 Å². The molecule has 2 aromatic rings. The number of carbonyl (C=O) groups is 2. The van der Waals surface area contributed by atoms with Crippen LogP contribution in [0.3, 0.4) is 0 Å². The van der Waals surface area contributed by atoms with Crippen LogP contribution in [0.4, 0.5) is 13.2 Å². The van der Waals surface area contributed by atoms with Crippen molar-refractivity contribution >= 4 is 22.8 Å². The topological polar surface area (TPSA) is 84.7 Å². The zero-order valence-corrected chi connectivity index (χ0v) is 15.3. The zero-order valence-electron chi connectivity index (χ0n) is 15.3. The number of aromatic nitrogens is 1. The summed E-state index contributed by atoms with van der Waals surface area (Å²) in [6.07, 6.45) is -2.95. The lowest BCUT2D eigenvalue weighted by atomic mass is 10.0. The van der Waals surface area contributed by atoms with E-state index < -0.39 is 11.9 Å². The van der Waals surface area contributed by atoms with Crippen molar-refractivity contribution in [3.8, 4) is 5.75 Å². The highest BCUT2D eigenvalue weighted by Gasteiger charge is 2.37. The lowest BCUT2D eigenvalue weighted by molar-refractivity contribution is -0.141. The van der Waals surface area contributed by atoms with Crippen LogP contribution in [-0.4, -0.2) is 48.1 Å². The number of hydrogen-bond acceptors (Lipinski definition) is 5. The van der Waals surface area contributed by atoms with Crippen LogP contribution in [-0.2, 0) is 22.2 Å². The van der Waals surface area contributed by atoms with Crippen LogP contribution in [0, 0.1) is 0 Å². The van der Waals surface area contributed by atoms with Gasteiger partial charge >= 0.3 is 6.18 Å². The average Bonchev–Trinajstić information content (AvgIpc) is 3.07. The minimum atomic E-state index is -4.59. The number of halogens is 3. The van der Waals surface area contributed by atoms with Crippen molar-refractivity contribution in [1.82, 2.24) is 15.4 Å². The quantitative estimate of drug-likeness (QED) is 0.724. The molecule has 0 spiro atoms. The largest absolute Gasteiger partial charge is 0.493 e. The molecule has 0 radical (unpaired) electrons. The van der Waals surface area contributed by atoms with E-state index >= 15 is 0 Å². The molecule has 0 unspecified atom stereocenters. The van der Waals surface area contributed by atoms with Crippen LogP contribution in [0.15, 0.2) is 16.7 Å². The zero-order chi connectivity index (χ0) is 20.3. The van der Waals surface area contributed by atoms with Crippen LogP contribution in [0.25, 0.3) is 11.0 Å². The molecule has 1 fully saturated rings. The maximum atomic E-state index is 13.0. The molecule has 2 heterocycles. The summed E-state index contributed by atoms with van der Waals surface area (Å²) >= 11 is 0. The molecule has 1 aromatic carbocycles. The van der Waals surface area contributed by atoms with Gasteiger partial charge in [0.15, 0.2) is 11.3 Å². The number of carbonyl (C=O) groups excluding carboxylic acids is 2. The maximum absolute atomic E-state index is 13.0. The minimum absolute atomic E-state index is 0.00988. The van der Waals surface area contributed by atoms with Gasteiger partial charge in [-0.25, -0.2) is 0 Å². The van der Waals surface area contributed by atoms with Gasteiger partial charge in [-0.1, -0.05) is 18.5 Å². The fourth-order valence-corrected chi connectivity index (χ4v) is 3.11. The third-order valence-electron chi connectivity index (χ3n) is 4.42. The molecule has 2 amide bonds. The molecule has 1 saturated heterocycles. The Kier molecular flexibility index (Phi) is 5.76. The second kappa shape index (κ2) is 8.07. The van der Waals surface area contributed by atoms with Gasteiger partial charge in [0.05, 0.1) is 25.1 Å². The minimum Gasteiger partial charge on any atom is -0.493 e. The first-order valence-electron chi connectivity index (χ1n) is 8.97. The van der Waals surface area contributed by atoms with E-state index in [0.717, 1.165) is 0 Å². The molecule has 0 atom stereocenters. The summed E-state index contributed by atoms with van der Waals surface area (Å²) < 4.78 is 49.8. The molecule has 1 aliphatic rings. The van der Waals surface area contributed by atoms with E-state index in [1.54, 1.807) is 0 Å². The van der Waals surface area contributed by atoms with Crippen molar-refractivity contribution in [3.05, 3.63) is 23.4 Å². The Balaban J connectivity index is 1.69. The number of aryl methyl sites for hydroxylation is 1. The fraction of sp³-hybridized carbons (Fsp3) is 0.500. The monoisotopic (exact) mass is 399 g/mol. The Morgan fingerprint density at radius 3 is 2.82 bits per heavy atom. The van der Waals surface area contributed by atoms with E-state index in [2.05, 4.69) is 10.5 Å². The van der Waals surface area contributed by atoms with E-state index in [-0.39, 0.29) is 42.5 Å². The maximum Gasteiger partial charge on any atom is 0.437 e. The average molecular weight is 399 g/mol. The molecule has 0 bridgehead atoms. The van der Waals surface area contributed by atoms with Crippen LogP contribution in [0.5, 0.6) is 5.75 Å². The first-order valence-corrected chi connectivity index (χ1v) is 8.97. The molecule has 28 heavy (non-hydrogen) atoms. The molecule has 3 rings (SSSR count). The van der Waals surface area contributed by atoms with Crippen molar-refractivity contribution in [2.45, 2.75) is 32.4 Å². The highest BCUT2D eigenvalue weighted by atomic mass is 19.4. The van der Waals surface area contributed by atoms with Gasteiger partial charge in [-0.3, -0.25) is 9.59 Å². The number of piperazine rings is 1. The van der Waals surface area contributed by atoms with Crippen molar-refractivity contribution in [2.24, 2.45) is 0 Å². The summed E-state index contributed by atoms with van der Waals surface area (Å²) in [5.74, 6) is 0.0676. The van der Waals surface area contributed by atoms with Gasteiger partial charge in [-0.15, -0.1) is 0 Å². The van der Waals surface area contributed by atoms with E-state index in [1.165, 1.54) is 17.0 Å². The standard InChI is InChI=1S/C18H20F3N3O4/c1-2-4-11-13(6-5-12-16(11)28-23-17(12)18(19,20)21)27-8-3-7-24-10-14(25)22-9-15(24)26/h5-6H,2-4,7-10H2,1H3,(H,22,25). The number of benzene rings is 1. The Labute approximate surface area is 158 Å². The molecular formula is C18H20F3N3O4. The van der Waals surface area contributed by atoms with Gasteiger partial charge in [0.25, 0.3) is 0 Å². The van der Waals surface area contributed by atoms with E-state index in [4.69, 9.17) is 9.26 Å². The Morgan fingerprint density at radius 1 is 1.32 bits per heavy atom. The highest BCUT2D eigenvalue weighted by molar-refractivity contribution is 5.92. The smallest absolute Gasteiger partial charge is 0.437 e. The summed E-state index contributed by atoms with van der Waals surface area (Å²) in [7, 11) is 0. The normalized spacial score (nSPS) is 15.2. The number of hydrogen-bond donors (Lipinski definition) is 1. The van der Waals surface area contributed by atoms with Crippen LogP contribution >= 0.6 is 0 Å². The number of alkyl halides is 3. The number of nitrogens with zero attached hydrogens (tertiary/aromatic N) is 2. The molecule has 152 valence electrons. The van der Waals surface area contributed by atoms with Crippen LogP contribution < -0.4 is 10.1 Å². The van der Waals surface area contributed by atoms with Gasteiger partial charge in [-0.05, 0) is 25.0 Å². The molecule has 0 saturated carbocycles. The van der Waals surface area contributed by atoms with Crippen molar-refractivity contribution in [3.63, 3.8) is 0 Å². The summed E-state index contributed by atoms with van der Waals surface area (Å²) in [6.45, 7) is 2.51. The van der Waals surface area contributed by atoms with Gasteiger partial charge in [0.1, 0.15) is 5.75 Å². The van der Waals surface area contributed by atoms with Crippen molar-refractivity contribution in [1.29, 1.82) is 0 Å². The molecule has 10 heteroatoms. The number of ether oxygens (including phenoxy) is 1. The third kappa shape index (κ3) is 4.20. The molecule has 1 aromatic heterocycles. The Hall–Kier alpha value is -2.78. The van der Waals surface area contributed by atoms with Crippen molar-refractivity contribution < 1.29 is 32.0 Å². The van der Waals surface area contributed by atoms with Gasteiger partial charge in [0.2, 0.25) is 11.8 Å². The van der Waals surface area contributed by atoms with E-state index in [9.17, 15) is 22.8 Å². The third-order valence-corrected chi connectivity index (χ3v) is 4.42. The van der Waals surface area contributed by atoms with Crippen molar-refractivity contribution in [2.75, 3.05) is 26.2 Å². The summed E-state index contributed by atoms with van der Waals surface area (Å²) in [4.78, 5) is 24.5. The lowest BCUT2D eigenvalue weighted by Gasteiger charge is -2.26. The number of amides is 2. The summed E-state index contributed by atoms with van der Waals surface area (Å²) in [5, 5.41) is 5.57. The fourth-order valence-electron chi connectivity index (χ4n) is 3.11. The van der Waals surface area contributed by atoms with Crippen LogP contribution in [0.1, 0.15) is 31.0 Å². The van der Waals surface area contributed by atoms with Crippen LogP contribution in [0.2, 0.25) is 0 Å². The van der Waals surface area contributed by atoms with Gasteiger partial charge in [-0.2, -0.15) is 13.2 Å². The summed E-state index contributed by atoms with van der Waals surface area (Å²) in [6, 6.07) is 2.78. The predicted molar refractivity (Wildman–Crippen MR) is 92.7 cm³/mol. The number of rotatable bonds is 7. The summed E-state index contributed by atoms with van der Waals surface area (Å²) in [5.41, 5.74) is -0.431. The SMILES string of the molecule is CCCc1c(OCCCN2CC(=O)NCC2=O)ccc2c(C(F)(F)F)noc12. The Morgan fingerprint density at radius 2 is 2.11 bits per heavy atom. The Bertz CT molecular complexity index is 879. The highest BCUT2D eigenvalue weighted by Crippen LogP contribution is 2.38. The number of fused-ring (bicyclic) bond motifs is 1. The molecule has 0 aliphatic carbocycles. The van der Waals surface area contributed by atoms with E-state index in [0.29, 0.717) is 37.1 Å². The molecule has 7 nitrogen and oxygen atoms in total. The second-order valence-corrected chi connectivity index (χ2v) is 6.49. The number of nitrogens with one attached hydrogen (secondary N) is 1. The molecule has 1 aliphatic heterocycles. The van der Waals surface area contributed by atoms with E-state index in [1.807, 2.05) is 6.92 Å².